The van der Waals surface area contributed by atoms with Gasteiger partial charge in [-0.15, -0.1) is 11.3 Å². The normalized spacial score (nSPS) is 12.7. The second-order valence-corrected chi connectivity index (χ2v) is 9.94. The molecule has 160 valence electrons. The summed E-state index contributed by atoms with van der Waals surface area (Å²) in [5.41, 5.74) is 2.05. The summed E-state index contributed by atoms with van der Waals surface area (Å²) in [6, 6.07) is 5.38. The van der Waals surface area contributed by atoms with Crippen LogP contribution in [0.15, 0.2) is 52.6 Å². The fraction of sp³-hybridized carbons (Fsp3) is 0.200. The molecule has 11 heteroatoms. The number of thiazole rings is 1. The van der Waals surface area contributed by atoms with Gasteiger partial charge in [-0.3, -0.25) is 9.78 Å². The standard InChI is InChI=1S/C20H18FN5O3S2/c1-3-16(17-11-30-20(25-17)31(2,28)29)24-19(27)15-8-22-10-18-14(15)9-23-26(18)13-6-4-12(21)5-7-13/h4-11,16H,3H2,1-2H3,(H,24,27)/t16-/m0/s1. The van der Waals surface area contributed by atoms with Gasteiger partial charge < -0.3 is 5.32 Å². The average Bonchev–Trinajstić information content (AvgIpc) is 3.39. The maximum Gasteiger partial charge on any atom is 0.254 e. The summed E-state index contributed by atoms with van der Waals surface area (Å²) in [5, 5.41) is 9.44. The number of hydrogen-bond acceptors (Lipinski definition) is 7. The van der Waals surface area contributed by atoms with Crippen molar-refractivity contribution >= 4 is 38.0 Å². The number of aromatic nitrogens is 4. The molecular weight excluding hydrogens is 441 g/mol. The predicted octanol–water partition coefficient (Wildman–Crippen LogP) is 3.30. The smallest absolute Gasteiger partial charge is 0.254 e. The SMILES string of the molecule is CC[C@H](NC(=O)c1cncc2c1cnn2-c1ccc(F)cc1)c1csc(S(C)(=O)=O)n1. The van der Waals surface area contributed by atoms with E-state index in [0.29, 0.717) is 34.3 Å². The number of amides is 1. The van der Waals surface area contributed by atoms with Crippen LogP contribution < -0.4 is 5.32 Å². The van der Waals surface area contributed by atoms with E-state index in [0.717, 1.165) is 17.6 Å². The van der Waals surface area contributed by atoms with Crippen LogP contribution in [0.1, 0.15) is 35.4 Å². The number of sulfone groups is 1. The van der Waals surface area contributed by atoms with Crippen molar-refractivity contribution < 1.29 is 17.6 Å². The molecule has 0 saturated carbocycles. The molecule has 0 bridgehead atoms. The quantitative estimate of drug-likeness (QED) is 0.474. The largest absolute Gasteiger partial charge is 0.344 e. The van der Waals surface area contributed by atoms with Crippen LogP contribution in [0.4, 0.5) is 4.39 Å². The minimum absolute atomic E-state index is 0.0135. The number of fused-ring (bicyclic) bond motifs is 1. The van der Waals surface area contributed by atoms with Gasteiger partial charge in [0.1, 0.15) is 5.82 Å². The van der Waals surface area contributed by atoms with Gasteiger partial charge in [-0.25, -0.2) is 22.5 Å². The molecule has 1 aromatic carbocycles. The lowest BCUT2D eigenvalue weighted by Crippen LogP contribution is -2.28. The maximum atomic E-state index is 13.2. The first kappa shape index (κ1) is 21.1. The highest BCUT2D eigenvalue weighted by molar-refractivity contribution is 7.92. The Bertz CT molecular complexity index is 1360. The number of benzene rings is 1. The van der Waals surface area contributed by atoms with Gasteiger partial charge in [0, 0.05) is 23.2 Å². The topological polar surface area (TPSA) is 107 Å². The lowest BCUT2D eigenvalue weighted by molar-refractivity contribution is 0.0936. The van der Waals surface area contributed by atoms with E-state index in [4.69, 9.17) is 0 Å². The van der Waals surface area contributed by atoms with Crippen molar-refractivity contribution in [2.24, 2.45) is 0 Å². The Labute approximate surface area is 181 Å². The molecule has 31 heavy (non-hydrogen) atoms. The highest BCUT2D eigenvalue weighted by Crippen LogP contribution is 2.25. The van der Waals surface area contributed by atoms with Crippen LogP contribution in [0.25, 0.3) is 16.6 Å². The van der Waals surface area contributed by atoms with Gasteiger partial charge in [0.05, 0.1) is 40.9 Å². The third-order valence-electron chi connectivity index (χ3n) is 4.70. The number of carbonyl (C=O) groups excluding carboxylic acids is 1. The zero-order valence-electron chi connectivity index (χ0n) is 16.6. The molecular formula is C20H18FN5O3S2. The monoisotopic (exact) mass is 459 g/mol. The fourth-order valence-corrected chi connectivity index (χ4v) is 4.84. The molecule has 0 saturated heterocycles. The summed E-state index contributed by atoms with van der Waals surface area (Å²) in [6.07, 6.45) is 6.21. The van der Waals surface area contributed by atoms with Crippen LogP contribution >= 0.6 is 11.3 Å². The molecule has 0 fully saturated rings. The van der Waals surface area contributed by atoms with Gasteiger partial charge in [0.2, 0.25) is 14.2 Å². The van der Waals surface area contributed by atoms with E-state index in [2.05, 4.69) is 20.4 Å². The van der Waals surface area contributed by atoms with E-state index in [-0.39, 0.29) is 16.1 Å². The molecule has 1 amide bonds. The van der Waals surface area contributed by atoms with Crippen molar-refractivity contribution in [3.05, 3.63) is 65.3 Å². The summed E-state index contributed by atoms with van der Waals surface area (Å²) in [6.45, 7) is 1.87. The van der Waals surface area contributed by atoms with E-state index < -0.39 is 15.9 Å². The Morgan fingerprint density at radius 1 is 1.23 bits per heavy atom. The van der Waals surface area contributed by atoms with E-state index in [1.54, 1.807) is 34.6 Å². The summed E-state index contributed by atoms with van der Waals surface area (Å²) in [4.78, 5) is 21.3. The molecule has 1 atom stereocenters. The summed E-state index contributed by atoms with van der Waals surface area (Å²) >= 11 is 1.02. The first-order valence-electron chi connectivity index (χ1n) is 9.32. The van der Waals surface area contributed by atoms with Crippen molar-refractivity contribution in [1.82, 2.24) is 25.1 Å². The number of carbonyl (C=O) groups is 1. The number of pyridine rings is 1. The summed E-state index contributed by atoms with van der Waals surface area (Å²) in [7, 11) is -3.41. The lowest BCUT2D eigenvalue weighted by Gasteiger charge is -2.15. The zero-order valence-corrected chi connectivity index (χ0v) is 18.2. The number of rotatable bonds is 6. The molecule has 0 aliphatic carbocycles. The van der Waals surface area contributed by atoms with E-state index in [9.17, 15) is 17.6 Å². The third kappa shape index (κ3) is 4.19. The molecule has 0 aliphatic heterocycles. The molecule has 1 N–H and O–H groups in total. The number of nitrogens with one attached hydrogen (secondary N) is 1. The lowest BCUT2D eigenvalue weighted by atomic mass is 10.1. The molecule has 0 aliphatic rings. The minimum atomic E-state index is -3.41. The summed E-state index contributed by atoms with van der Waals surface area (Å²) in [5.74, 6) is -0.734. The molecule has 3 heterocycles. The zero-order chi connectivity index (χ0) is 22.2. The molecule has 4 rings (SSSR count). The van der Waals surface area contributed by atoms with Gasteiger partial charge in [-0.1, -0.05) is 6.92 Å². The van der Waals surface area contributed by atoms with Crippen molar-refractivity contribution in [2.45, 2.75) is 23.7 Å². The highest BCUT2D eigenvalue weighted by Gasteiger charge is 2.22. The van der Waals surface area contributed by atoms with E-state index in [1.165, 1.54) is 18.3 Å². The van der Waals surface area contributed by atoms with Crippen LogP contribution in [0.2, 0.25) is 0 Å². The Hall–Kier alpha value is -3.18. The predicted molar refractivity (Wildman–Crippen MR) is 115 cm³/mol. The maximum absolute atomic E-state index is 13.2. The molecule has 0 radical (unpaired) electrons. The van der Waals surface area contributed by atoms with Crippen LogP contribution in [-0.4, -0.2) is 40.3 Å². The van der Waals surface area contributed by atoms with Crippen LogP contribution in [0.5, 0.6) is 0 Å². The number of halogens is 1. The molecule has 4 aromatic rings. The van der Waals surface area contributed by atoms with Gasteiger partial charge >= 0.3 is 0 Å². The van der Waals surface area contributed by atoms with Crippen molar-refractivity contribution in [1.29, 1.82) is 0 Å². The highest BCUT2D eigenvalue weighted by atomic mass is 32.2. The second-order valence-electron chi connectivity index (χ2n) is 6.90. The first-order valence-corrected chi connectivity index (χ1v) is 12.1. The Kier molecular flexibility index (Phi) is 5.54. The Morgan fingerprint density at radius 3 is 2.61 bits per heavy atom. The minimum Gasteiger partial charge on any atom is -0.344 e. The van der Waals surface area contributed by atoms with Crippen LogP contribution in [-0.2, 0) is 9.84 Å². The molecule has 0 unspecified atom stereocenters. The van der Waals surface area contributed by atoms with Crippen molar-refractivity contribution in [2.75, 3.05) is 6.26 Å². The molecule has 0 spiro atoms. The molecule has 3 aromatic heterocycles. The molecule has 8 nitrogen and oxygen atoms in total. The Morgan fingerprint density at radius 2 is 1.97 bits per heavy atom. The first-order chi connectivity index (χ1) is 14.8. The van der Waals surface area contributed by atoms with Crippen molar-refractivity contribution in [3.63, 3.8) is 0 Å². The van der Waals surface area contributed by atoms with Crippen LogP contribution in [0.3, 0.4) is 0 Å². The number of hydrogen-bond donors (Lipinski definition) is 1. The van der Waals surface area contributed by atoms with Crippen LogP contribution in [0, 0.1) is 5.82 Å². The Balaban J connectivity index is 1.64. The summed E-state index contributed by atoms with van der Waals surface area (Å²) < 4.78 is 38.2. The third-order valence-corrected chi connectivity index (χ3v) is 7.28. The van der Waals surface area contributed by atoms with Gasteiger partial charge in [-0.2, -0.15) is 5.10 Å². The van der Waals surface area contributed by atoms with Crippen molar-refractivity contribution in [3.8, 4) is 5.69 Å². The second kappa shape index (κ2) is 8.16. The number of nitrogens with zero attached hydrogens (tertiary/aromatic N) is 4. The van der Waals surface area contributed by atoms with Gasteiger partial charge in [0.15, 0.2) is 0 Å². The fourth-order valence-electron chi connectivity index (χ4n) is 3.13. The van der Waals surface area contributed by atoms with Gasteiger partial charge in [0.25, 0.3) is 5.91 Å². The van der Waals surface area contributed by atoms with Gasteiger partial charge in [-0.05, 0) is 30.7 Å². The average molecular weight is 460 g/mol. The van der Waals surface area contributed by atoms with E-state index >= 15 is 0 Å². The van der Waals surface area contributed by atoms with E-state index in [1.807, 2.05) is 6.92 Å².